The van der Waals surface area contributed by atoms with Crippen molar-refractivity contribution in [3.8, 4) is 5.75 Å². The molecule has 0 radical (unpaired) electrons. The topological polar surface area (TPSA) is 48.3 Å². The van der Waals surface area contributed by atoms with Gasteiger partial charge in [-0.05, 0) is 63.9 Å². The predicted molar refractivity (Wildman–Crippen MR) is 88.4 cm³/mol. The van der Waals surface area contributed by atoms with Gasteiger partial charge in [0.15, 0.2) is 12.4 Å². The molecule has 1 aromatic carbocycles. The third-order valence-corrected chi connectivity index (χ3v) is 4.33. The third kappa shape index (κ3) is 3.21. The normalized spacial score (nSPS) is 13.9. The summed E-state index contributed by atoms with van der Waals surface area (Å²) in [6, 6.07) is 9.38. The first kappa shape index (κ1) is 15.5. The van der Waals surface area contributed by atoms with E-state index in [1.807, 2.05) is 19.9 Å². The first-order chi connectivity index (χ1) is 11.0. The van der Waals surface area contributed by atoms with Gasteiger partial charge in [-0.1, -0.05) is 0 Å². The first-order valence-electron chi connectivity index (χ1n) is 7.93. The summed E-state index contributed by atoms with van der Waals surface area (Å²) in [5, 5.41) is 0. The van der Waals surface area contributed by atoms with E-state index in [4.69, 9.17) is 4.74 Å². The van der Waals surface area contributed by atoms with E-state index in [0.717, 1.165) is 17.0 Å². The highest BCUT2D eigenvalue weighted by Crippen LogP contribution is 2.38. The van der Waals surface area contributed by atoms with Gasteiger partial charge in [0.1, 0.15) is 5.75 Å². The largest absolute Gasteiger partial charge is 0.485 e. The smallest absolute Gasteiger partial charge is 0.202 e. The molecule has 0 spiro atoms. The summed E-state index contributed by atoms with van der Waals surface area (Å²) < 4.78 is 7.83. The Balaban J connectivity index is 1.67. The van der Waals surface area contributed by atoms with Gasteiger partial charge in [-0.3, -0.25) is 9.59 Å². The zero-order valence-corrected chi connectivity index (χ0v) is 13.8. The van der Waals surface area contributed by atoms with Gasteiger partial charge in [-0.2, -0.15) is 0 Å². The van der Waals surface area contributed by atoms with Crippen LogP contribution in [0.2, 0.25) is 0 Å². The number of carbonyl (C=O) groups is 2. The lowest BCUT2D eigenvalue weighted by Gasteiger charge is -2.08. The minimum absolute atomic E-state index is 0.00831. The van der Waals surface area contributed by atoms with Crippen molar-refractivity contribution in [1.82, 2.24) is 4.57 Å². The third-order valence-electron chi connectivity index (χ3n) is 4.33. The van der Waals surface area contributed by atoms with Gasteiger partial charge in [-0.15, -0.1) is 0 Å². The van der Waals surface area contributed by atoms with E-state index < -0.39 is 0 Å². The molecule has 4 nitrogen and oxygen atoms in total. The maximum atomic E-state index is 12.4. The number of Topliss-reactive ketones (excluding diaryl/α,β-unsaturated/α-hetero) is 2. The Labute approximate surface area is 136 Å². The van der Waals surface area contributed by atoms with Crippen molar-refractivity contribution in [3.05, 3.63) is 52.8 Å². The Morgan fingerprint density at radius 3 is 2.39 bits per heavy atom. The number of rotatable bonds is 6. The van der Waals surface area contributed by atoms with Crippen LogP contribution in [0.25, 0.3) is 0 Å². The molecule has 1 aliphatic carbocycles. The highest BCUT2D eigenvalue weighted by molar-refractivity contribution is 5.98. The Morgan fingerprint density at radius 1 is 1.17 bits per heavy atom. The first-order valence-corrected chi connectivity index (χ1v) is 7.93. The van der Waals surface area contributed by atoms with Crippen LogP contribution in [0.15, 0.2) is 30.3 Å². The number of ether oxygens (including phenoxy) is 1. The van der Waals surface area contributed by atoms with Gasteiger partial charge >= 0.3 is 0 Å². The number of hydrogen-bond acceptors (Lipinski definition) is 3. The molecule has 0 unspecified atom stereocenters. The lowest BCUT2D eigenvalue weighted by atomic mass is 10.1. The molecule has 0 bridgehead atoms. The van der Waals surface area contributed by atoms with Crippen LogP contribution in [0, 0.1) is 13.8 Å². The summed E-state index contributed by atoms with van der Waals surface area (Å²) in [5.74, 6) is 0.597. The molecule has 1 saturated carbocycles. The van der Waals surface area contributed by atoms with Gasteiger partial charge in [-0.25, -0.2) is 0 Å². The van der Waals surface area contributed by atoms with E-state index >= 15 is 0 Å². The zero-order valence-electron chi connectivity index (χ0n) is 13.8. The fourth-order valence-electron chi connectivity index (χ4n) is 2.97. The Hall–Kier alpha value is -2.36. The van der Waals surface area contributed by atoms with Crippen LogP contribution in [0.1, 0.15) is 57.9 Å². The van der Waals surface area contributed by atoms with Crippen molar-refractivity contribution in [1.29, 1.82) is 0 Å². The van der Waals surface area contributed by atoms with Crippen molar-refractivity contribution in [2.75, 3.05) is 6.61 Å². The molecule has 0 saturated heterocycles. The van der Waals surface area contributed by atoms with E-state index in [2.05, 4.69) is 4.57 Å². The molecule has 3 rings (SSSR count). The highest BCUT2D eigenvalue weighted by Gasteiger charge is 2.28. The molecule has 0 aliphatic heterocycles. The minimum atomic E-state index is -0.0133. The predicted octanol–water partition coefficient (Wildman–Crippen LogP) is 3.90. The SMILES string of the molecule is CC(=O)c1ccc(OCC(=O)c2cc(C)n(C3CC3)c2C)cc1. The van der Waals surface area contributed by atoms with Crippen LogP contribution in [-0.4, -0.2) is 22.7 Å². The summed E-state index contributed by atoms with van der Waals surface area (Å²) >= 11 is 0. The van der Waals surface area contributed by atoms with E-state index in [1.165, 1.54) is 19.8 Å². The molecule has 0 N–H and O–H groups in total. The molecule has 120 valence electrons. The number of aryl methyl sites for hydroxylation is 1. The van der Waals surface area contributed by atoms with Gasteiger partial charge in [0.2, 0.25) is 5.78 Å². The Morgan fingerprint density at radius 2 is 1.83 bits per heavy atom. The number of carbonyl (C=O) groups excluding carboxylic acids is 2. The second-order valence-corrected chi connectivity index (χ2v) is 6.18. The molecule has 4 heteroatoms. The van der Waals surface area contributed by atoms with Gasteiger partial charge in [0.25, 0.3) is 0 Å². The van der Waals surface area contributed by atoms with Gasteiger partial charge in [0, 0.05) is 28.6 Å². The highest BCUT2D eigenvalue weighted by atomic mass is 16.5. The average molecular weight is 311 g/mol. The van der Waals surface area contributed by atoms with Crippen molar-refractivity contribution >= 4 is 11.6 Å². The molecular weight excluding hydrogens is 290 g/mol. The minimum Gasteiger partial charge on any atom is -0.485 e. The summed E-state index contributed by atoms with van der Waals surface area (Å²) in [5.41, 5.74) is 3.55. The van der Waals surface area contributed by atoms with Crippen LogP contribution < -0.4 is 4.74 Å². The zero-order chi connectivity index (χ0) is 16.6. The molecule has 0 atom stereocenters. The Bertz CT molecular complexity index is 752. The lowest BCUT2D eigenvalue weighted by molar-refractivity contribution is 0.0919. The van der Waals surface area contributed by atoms with Crippen molar-refractivity contribution in [2.45, 2.75) is 39.7 Å². The molecular formula is C19H21NO3. The maximum Gasteiger partial charge on any atom is 0.202 e. The summed E-state index contributed by atoms with van der Waals surface area (Å²) in [6.45, 7) is 5.58. The lowest BCUT2D eigenvalue weighted by Crippen LogP contribution is -2.13. The molecule has 1 aromatic heterocycles. The fourth-order valence-corrected chi connectivity index (χ4v) is 2.97. The molecule has 1 heterocycles. The van der Waals surface area contributed by atoms with Crippen molar-refractivity contribution < 1.29 is 14.3 Å². The molecule has 23 heavy (non-hydrogen) atoms. The quantitative estimate of drug-likeness (QED) is 0.760. The van der Waals surface area contributed by atoms with Gasteiger partial charge in [0.05, 0.1) is 0 Å². The summed E-state index contributed by atoms with van der Waals surface area (Å²) in [4.78, 5) is 23.7. The molecule has 0 amide bonds. The van der Waals surface area contributed by atoms with Crippen LogP contribution >= 0.6 is 0 Å². The molecule has 1 fully saturated rings. The summed E-state index contributed by atoms with van der Waals surface area (Å²) in [6.07, 6.45) is 2.39. The van der Waals surface area contributed by atoms with E-state index in [1.54, 1.807) is 24.3 Å². The Kier molecular flexibility index (Phi) is 4.07. The second kappa shape index (κ2) is 6.03. The number of hydrogen-bond donors (Lipinski definition) is 0. The molecule has 1 aliphatic rings. The maximum absolute atomic E-state index is 12.4. The van der Waals surface area contributed by atoms with Crippen LogP contribution in [0.3, 0.4) is 0 Å². The molecule has 2 aromatic rings. The number of aromatic nitrogens is 1. The van der Waals surface area contributed by atoms with Crippen LogP contribution in [-0.2, 0) is 0 Å². The van der Waals surface area contributed by atoms with E-state index in [9.17, 15) is 9.59 Å². The van der Waals surface area contributed by atoms with Crippen molar-refractivity contribution in [2.24, 2.45) is 0 Å². The van der Waals surface area contributed by atoms with Crippen LogP contribution in [0.4, 0.5) is 0 Å². The number of nitrogens with zero attached hydrogens (tertiary/aromatic N) is 1. The number of ketones is 2. The summed E-state index contributed by atoms with van der Waals surface area (Å²) in [7, 11) is 0. The monoisotopic (exact) mass is 311 g/mol. The fraction of sp³-hybridized carbons (Fsp3) is 0.368. The van der Waals surface area contributed by atoms with Crippen LogP contribution in [0.5, 0.6) is 5.75 Å². The van der Waals surface area contributed by atoms with Gasteiger partial charge < -0.3 is 9.30 Å². The second-order valence-electron chi connectivity index (χ2n) is 6.18. The van der Waals surface area contributed by atoms with E-state index in [-0.39, 0.29) is 18.2 Å². The van der Waals surface area contributed by atoms with Crippen molar-refractivity contribution in [3.63, 3.8) is 0 Å². The van der Waals surface area contributed by atoms with E-state index in [0.29, 0.717) is 17.4 Å². The standard InChI is InChI=1S/C19H21NO3/c1-12-10-18(13(2)20(12)16-6-7-16)19(22)11-23-17-8-4-15(5-9-17)14(3)21/h4-5,8-10,16H,6-7,11H2,1-3H3. The number of benzene rings is 1. The average Bonchev–Trinajstić information content (AvgIpc) is 3.31.